The SMILES string of the molecule is CCOC(=O)CCCN(Cc1ccc(C(F)(F)F)cc1)S(=O)(=O)c1ccc(C(C)(C)C)cc1. The van der Waals surface area contributed by atoms with Crippen LogP contribution in [0.1, 0.15) is 57.2 Å². The molecule has 2 aromatic carbocycles. The van der Waals surface area contributed by atoms with Crippen LogP contribution in [-0.4, -0.2) is 31.8 Å². The lowest BCUT2D eigenvalue weighted by atomic mass is 9.87. The van der Waals surface area contributed by atoms with Gasteiger partial charge in [-0.3, -0.25) is 4.79 Å². The summed E-state index contributed by atoms with van der Waals surface area (Å²) in [6.07, 6.45) is -4.21. The molecule has 0 aliphatic rings. The van der Waals surface area contributed by atoms with Crippen LogP contribution in [-0.2, 0) is 37.7 Å². The molecule has 9 heteroatoms. The quantitative estimate of drug-likeness (QED) is 0.438. The largest absolute Gasteiger partial charge is 0.466 e. The van der Waals surface area contributed by atoms with Gasteiger partial charge in [0.15, 0.2) is 0 Å². The highest BCUT2D eigenvalue weighted by atomic mass is 32.2. The molecule has 0 bridgehead atoms. The second kappa shape index (κ2) is 10.7. The van der Waals surface area contributed by atoms with Gasteiger partial charge in [-0.15, -0.1) is 0 Å². The van der Waals surface area contributed by atoms with Crippen molar-refractivity contribution in [3.63, 3.8) is 0 Å². The summed E-state index contributed by atoms with van der Waals surface area (Å²) in [5, 5.41) is 0. The van der Waals surface area contributed by atoms with E-state index in [4.69, 9.17) is 4.74 Å². The minimum absolute atomic E-state index is 0.0171. The summed E-state index contributed by atoms with van der Waals surface area (Å²) in [7, 11) is -3.95. The fraction of sp³-hybridized carbons (Fsp3) is 0.458. The molecule has 0 radical (unpaired) electrons. The molecule has 2 aromatic rings. The summed E-state index contributed by atoms with van der Waals surface area (Å²) in [6, 6.07) is 10.9. The second-order valence-corrected chi connectivity index (χ2v) is 10.7. The Balaban J connectivity index is 2.29. The van der Waals surface area contributed by atoms with Crippen molar-refractivity contribution in [3.05, 3.63) is 65.2 Å². The molecule has 5 nitrogen and oxygen atoms in total. The molecule has 0 atom stereocenters. The van der Waals surface area contributed by atoms with Gasteiger partial charge in [0.05, 0.1) is 17.1 Å². The topological polar surface area (TPSA) is 63.7 Å². The molecular formula is C24H30F3NO4S. The van der Waals surface area contributed by atoms with Gasteiger partial charge in [0, 0.05) is 19.5 Å². The number of sulfonamides is 1. The van der Waals surface area contributed by atoms with E-state index in [1.165, 1.54) is 28.6 Å². The van der Waals surface area contributed by atoms with Crippen LogP contribution in [0.4, 0.5) is 13.2 Å². The minimum atomic E-state index is -4.47. The number of carbonyl (C=O) groups is 1. The summed E-state index contributed by atoms with van der Waals surface area (Å²) in [4.78, 5) is 11.8. The number of hydrogen-bond donors (Lipinski definition) is 0. The predicted octanol–water partition coefficient (Wildman–Crippen LogP) is 5.54. The summed E-state index contributed by atoms with van der Waals surface area (Å²) in [5.74, 6) is -0.432. The maximum atomic E-state index is 13.4. The van der Waals surface area contributed by atoms with Crippen molar-refractivity contribution in [1.82, 2.24) is 4.31 Å². The van der Waals surface area contributed by atoms with Crippen molar-refractivity contribution in [1.29, 1.82) is 0 Å². The fourth-order valence-corrected chi connectivity index (χ4v) is 4.66. The second-order valence-electron chi connectivity index (χ2n) is 8.72. The molecule has 0 saturated heterocycles. The number of alkyl halides is 3. The molecule has 0 aliphatic carbocycles. The van der Waals surface area contributed by atoms with E-state index in [0.29, 0.717) is 5.56 Å². The molecule has 0 fully saturated rings. The standard InChI is InChI=1S/C24H30F3NO4S/c1-5-32-22(29)7-6-16-28(17-18-8-10-20(11-9-18)24(25,26)27)33(30,31)21-14-12-19(13-15-21)23(2,3)4/h8-15H,5-7,16-17H2,1-4H3. The Kier molecular flexibility index (Phi) is 8.70. The van der Waals surface area contributed by atoms with E-state index in [2.05, 4.69) is 0 Å². The van der Waals surface area contributed by atoms with Gasteiger partial charge >= 0.3 is 12.1 Å². The van der Waals surface area contributed by atoms with Gasteiger partial charge in [0.1, 0.15) is 0 Å². The lowest BCUT2D eigenvalue weighted by Crippen LogP contribution is -2.32. The fourth-order valence-electron chi connectivity index (χ4n) is 3.20. The molecule has 0 spiro atoms. The molecule has 0 saturated carbocycles. The summed E-state index contributed by atoms with van der Waals surface area (Å²) >= 11 is 0. The van der Waals surface area contributed by atoms with Crippen LogP contribution in [0.2, 0.25) is 0 Å². The monoisotopic (exact) mass is 485 g/mol. The number of halogens is 3. The third kappa shape index (κ3) is 7.57. The van der Waals surface area contributed by atoms with E-state index in [0.717, 1.165) is 17.7 Å². The van der Waals surface area contributed by atoms with E-state index < -0.39 is 27.7 Å². The van der Waals surface area contributed by atoms with Crippen molar-refractivity contribution < 1.29 is 31.1 Å². The normalized spacial score (nSPS) is 12.7. The Morgan fingerprint density at radius 1 is 0.939 bits per heavy atom. The van der Waals surface area contributed by atoms with E-state index in [-0.39, 0.29) is 42.8 Å². The van der Waals surface area contributed by atoms with E-state index >= 15 is 0 Å². The lowest BCUT2D eigenvalue weighted by Gasteiger charge is -2.24. The van der Waals surface area contributed by atoms with Crippen molar-refractivity contribution in [2.45, 2.75) is 63.6 Å². The van der Waals surface area contributed by atoms with Crippen molar-refractivity contribution in [2.75, 3.05) is 13.2 Å². The van der Waals surface area contributed by atoms with Crippen LogP contribution in [0.3, 0.4) is 0 Å². The predicted molar refractivity (Wildman–Crippen MR) is 120 cm³/mol. The summed E-state index contributed by atoms with van der Waals surface area (Å²) < 4.78 is 71.4. The Labute approximate surface area is 193 Å². The Bertz CT molecular complexity index is 1030. The average molecular weight is 486 g/mol. The average Bonchev–Trinajstić information content (AvgIpc) is 2.72. The van der Waals surface area contributed by atoms with Gasteiger partial charge < -0.3 is 4.74 Å². The first-order chi connectivity index (χ1) is 15.2. The van der Waals surface area contributed by atoms with Crippen LogP contribution in [0.25, 0.3) is 0 Å². The van der Waals surface area contributed by atoms with Crippen molar-refractivity contribution in [3.8, 4) is 0 Å². The number of rotatable bonds is 9. The minimum Gasteiger partial charge on any atom is -0.466 e. The molecule has 0 amide bonds. The Morgan fingerprint density at radius 3 is 1.97 bits per heavy atom. The van der Waals surface area contributed by atoms with Gasteiger partial charge in [0.25, 0.3) is 0 Å². The smallest absolute Gasteiger partial charge is 0.416 e. The van der Waals surface area contributed by atoms with Crippen molar-refractivity contribution >= 4 is 16.0 Å². The molecule has 182 valence electrons. The van der Waals surface area contributed by atoms with E-state index in [1.54, 1.807) is 19.1 Å². The van der Waals surface area contributed by atoms with Crippen molar-refractivity contribution in [2.24, 2.45) is 0 Å². The Morgan fingerprint density at radius 2 is 1.48 bits per heavy atom. The maximum Gasteiger partial charge on any atom is 0.416 e. The molecule has 0 aliphatic heterocycles. The molecule has 0 aromatic heterocycles. The molecule has 33 heavy (non-hydrogen) atoms. The van der Waals surface area contributed by atoms with Gasteiger partial charge in [0.2, 0.25) is 10.0 Å². The van der Waals surface area contributed by atoms with Gasteiger partial charge in [-0.25, -0.2) is 8.42 Å². The van der Waals surface area contributed by atoms with Gasteiger partial charge in [-0.2, -0.15) is 17.5 Å². The molecule has 0 heterocycles. The zero-order valence-electron chi connectivity index (χ0n) is 19.3. The van der Waals surface area contributed by atoms with Gasteiger partial charge in [-0.1, -0.05) is 45.0 Å². The third-order valence-electron chi connectivity index (χ3n) is 5.09. The number of nitrogens with zero attached hydrogens (tertiary/aromatic N) is 1. The molecule has 2 rings (SSSR count). The van der Waals surface area contributed by atoms with E-state index in [9.17, 15) is 26.4 Å². The number of esters is 1. The highest BCUT2D eigenvalue weighted by molar-refractivity contribution is 7.89. The first kappa shape index (κ1) is 26.9. The first-order valence-electron chi connectivity index (χ1n) is 10.7. The van der Waals surface area contributed by atoms with Crippen LogP contribution in [0.5, 0.6) is 0 Å². The van der Waals surface area contributed by atoms with Crippen LogP contribution in [0, 0.1) is 0 Å². The zero-order chi connectivity index (χ0) is 24.9. The highest BCUT2D eigenvalue weighted by Crippen LogP contribution is 2.30. The number of carbonyl (C=O) groups excluding carboxylic acids is 1. The van der Waals surface area contributed by atoms with E-state index in [1.807, 2.05) is 20.8 Å². The summed E-state index contributed by atoms with van der Waals surface area (Å²) in [6.45, 7) is 7.86. The Hall–Kier alpha value is -2.39. The summed E-state index contributed by atoms with van der Waals surface area (Å²) in [5.41, 5.74) is 0.426. The van der Waals surface area contributed by atoms with Crippen LogP contribution >= 0.6 is 0 Å². The third-order valence-corrected chi connectivity index (χ3v) is 6.95. The number of benzene rings is 2. The van der Waals surface area contributed by atoms with Crippen LogP contribution < -0.4 is 0 Å². The molecule has 0 unspecified atom stereocenters. The number of ether oxygens (including phenoxy) is 1. The number of hydrogen-bond acceptors (Lipinski definition) is 4. The molecular weight excluding hydrogens is 455 g/mol. The maximum absolute atomic E-state index is 13.4. The van der Waals surface area contributed by atoms with Gasteiger partial charge in [-0.05, 0) is 54.2 Å². The highest BCUT2D eigenvalue weighted by Gasteiger charge is 2.30. The zero-order valence-corrected chi connectivity index (χ0v) is 20.1. The first-order valence-corrected chi connectivity index (χ1v) is 12.1. The lowest BCUT2D eigenvalue weighted by molar-refractivity contribution is -0.143. The van der Waals surface area contributed by atoms with Crippen LogP contribution in [0.15, 0.2) is 53.4 Å². The molecule has 0 N–H and O–H groups in total.